The SMILES string of the molecule is CO[PH](=O)On1cccc1. The summed E-state index contributed by atoms with van der Waals surface area (Å²) in [5, 5.41) is 0. The number of rotatable bonds is 3. The van der Waals surface area contributed by atoms with Crippen LogP contribution in [0, 0.1) is 0 Å². The van der Waals surface area contributed by atoms with Crippen LogP contribution in [0.25, 0.3) is 0 Å². The second-order valence-electron chi connectivity index (χ2n) is 1.59. The van der Waals surface area contributed by atoms with Gasteiger partial charge in [-0.2, -0.15) is 4.73 Å². The van der Waals surface area contributed by atoms with Gasteiger partial charge in [0.1, 0.15) is 0 Å². The molecule has 1 rings (SSSR count). The number of aromatic nitrogens is 1. The number of nitrogens with zero attached hydrogens (tertiary/aromatic N) is 1. The van der Waals surface area contributed by atoms with Crippen molar-refractivity contribution in [2.75, 3.05) is 7.11 Å². The monoisotopic (exact) mass is 161 g/mol. The quantitative estimate of drug-likeness (QED) is 0.619. The summed E-state index contributed by atoms with van der Waals surface area (Å²) in [6.07, 6.45) is 3.28. The van der Waals surface area contributed by atoms with Crippen molar-refractivity contribution in [3.63, 3.8) is 0 Å². The van der Waals surface area contributed by atoms with Crippen LogP contribution in [-0.4, -0.2) is 11.8 Å². The first kappa shape index (κ1) is 7.38. The third kappa shape index (κ3) is 1.90. The van der Waals surface area contributed by atoms with Gasteiger partial charge in [0.15, 0.2) is 0 Å². The lowest BCUT2D eigenvalue weighted by Crippen LogP contribution is -1.99. The largest absolute Gasteiger partial charge is 0.386 e. The summed E-state index contributed by atoms with van der Waals surface area (Å²) >= 11 is 0. The Labute approximate surface area is 59.3 Å². The Morgan fingerprint density at radius 2 is 2.00 bits per heavy atom. The molecule has 1 unspecified atom stereocenters. The molecular weight excluding hydrogens is 153 g/mol. The van der Waals surface area contributed by atoms with E-state index in [4.69, 9.17) is 4.62 Å². The molecule has 1 aromatic heterocycles. The van der Waals surface area contributed by atoms with E-state index in [-0.39, 0.29) is 0 Å². The van der Waals surface area contributed by atoms with E-state index in [1.165, 1.54) is 11.8 Å². The molecule has 0 saturated carbocycles. The Balaban J connectivity index is 2.48. The summed E-state index contributed by atoms with van der Waals surface area (Å²) < 4.78 is 21.1. The van der Waals surface area contributed by atoms with E-state index in [1.807, 2.05) is 0 Å². The van der Waals surface area contributed by atoms with Crippen LogP contribution in [-0.2, 0) is 9.09 Å². The summed E-state index contributed by atoms with van der Waals surface area (Å²) in [7, 11) is -1.00. The highest BCUT2D eigenvalue weighted by atomic mass is 31.1. The summed E-state index contributed by atoms with van der Waals surface area (Å²) in [5.41, 5.74) is 0. The maximum absolute atomic E-state index is 10.6. The maximum Gasteiger partial charge on any atom is 0.386 e. The van der Waals surface area contributed by atoms with Gasteiger partial charge in [0.05, 0.1) is 0 Å². The first-order valence-corrected chi connectivity index (χ1v) is 3.94. The molecule has 1 atom stereocenters. The number of hydrogen-bond acceptors (Lipinski definition) is 3. The zero-order valence-electron chi connectivity index (χ0n) is 5.48. The van der Waals surface area contributed by atoms with E-state index >= 15 is 0 Å². The topological polar surface area (TPSA) is 40.5 Å². The van der Waals surface area contributed by atoms with Gasteiger partial charge < -0.3 is 9.15 Å². The van der Waals surface area contributed by atoms with Gasteiger partial charge in [-0.25, -0.2) is 4.57 Å². The molecule has 0 aliphatic heterocycles. The van der Waals surface area contributed by atoms with Crippen LogP contribution in [0.5, 0.6) is 0 Å². The first-order valence-electron chi connectivity index (χ1n) is 2.72. The van der Waals surface area contributed by atoms with Gasteiger partial charge in [-0.15, -0.1) is 0 Å². The van der Waals surface area contributed by atoms with E-state index in [2.05, 4.69) is 4.52 Å². The minimum absolute atomic E-state index is 1.34. The van der Waals surface area contributed by atoms with Crippen molar-refractivity contribution in [1.82, 2.24) is 4.73 Å². The standard InChI is InChI=1S/C5H8NO3P/c1-8-10(7)9-6-4-2-3-5-6/h2-5,10H,1H3. The maximum atomic E-state index is 10.6. The summed E-state index contributed by atoms with van der Waals surface area (Å²) in [5.74, 6) is 0. The summed E-state index contributed by atoms with van der Waals surface area (Å²) in [6.45, 7) is 0. The molecule has 0 amide bonds. The molecule has 1 aromatic rings. The average Bonchev–Trinajstić information content (AvgIpc) is 2.40. The second-order valence-corrected chi connectivity index (χ2v) is 2.68. The molecule has 4 nitrogen and oxygen atoms in total. The van der Waals surface area contributed by atoms with E-state index in [9.17, 15) is 4.57 Å². The fourth-order valence-corrected chi connectivity index (χ4v) is 0.871. The molecule has 0 aliphatic rings. The zero-order valence-corrected chi connectivity index (χ0v) is 6.48. The van der Waals surface area contributed by atoms with Crippen molar-refractivity contribution in [3.05, 3.63) is 24.5 Å². The lowest BCUT2D eigenvalue weighted by Gasteiger charge is -2.01. The smallest absolute Gasteiger partial charge is 0.335 e. The highest BCUT2D eigenvalue weighted by Crippen LogP contribution is 2.16. The van der Waals surface area contributed by atoms with Crippen LogP contribution in [0.3, 0.4) is 0 Å². The molecule has 5 heteroatoms. The van der Waals surface area contributed by atoms with Gasteiger partial charge in [0, 0.05) is 19.5 Å². The summed E-state index contributed by atoms with van der Waals surface area (Å²) in [6, 6.07) is 3.54. The fourth-order valence-electron chi connectivity index (χ4n) is 0.503. The highest BCUT2D eigenvalue weighted by molar-refractivity contribution is 7.33. The van der Waals surface area contributed by atoms with Crippen molar-refractivity contribution in [3.8, 4) is 0 Å². The van der Waals surface area contributed by atoms with Crippen LogP contribution < -0.4 is 4.62 Å². The Kier molecular flexibility index (Phi) is 2.54. The van der Waals surface area contributed by atoms with Crippen LogP contribution in [0.4, 0.5) is 0 Å². The van der Waals surface area contributed by atoms with Crippen LogP contribution in [0.15, 0.2) is 24.5 Å². The first-order chi connectivity index (χ1) is 4.83. The van der Waals surface area contributed by atoms with E-state index in [1.54, 1.807) is 24.5 Å². The second kappa shape index (κ2) is 3.44. The Morgan fingerprint density at radius 3 is 2.50 bits per heavy atom. The molecule has 0 N–H and O–H groups in total. The van der Waals surface area contributed by atoms with Crippen molar-refractivity contribution in [1.29, 1.82) is 0 Å². The van der Waals surface area contributed by atoms with Gasteiger partial charge in [-0.3, -0.25) is 0 Å². The Hall–Kier alpha value is -0.730. The predicted molar refractivity (Wildman–Crippen MR) is 37.0 cm³/mol. The normalized spacial score (nSPS) is 12.9. The molecule has 0 radical (unpaired) electrons. The molecule has 0 spiro atoms. The molecule has 1 heterocycles. The van der Waals surface area contributed by atoms with E-state index in [0.29, 0.717) is 0 Å². The predicted octanol–water partition coefficient (Wildman–Crippen LogP) is 0.953. The van der Waals surface area contributed by atoms with Gasteiger partial charge in [-0.05, 0) is 12.1 Å². The molecule has 0 aliphatic carbocycles. The minimum Gasteiger partial charge on any atom is -0.335 e. The lowest BCUT2D eigenvalue weighted by atomic mass is 10.7. The molecular formula is C5H8NO3P. The van der Waals surface area contributed by atoms with Crippen LogP contribution in [0.2, 0.25) is 0 Å². The van der Waals surface area contributed by atoms with Gasteiger partial charge >= 0.3 is 8.25 Å². The lowest BCUT2D eigenvalue weighted by molar-refractivity contribution is 0.232. The van der Waals surface area contributed by atoms with E-state index < -0.39 is 8.25 Å². The average molecular weight is 161 g/mol. The Morgan fingerprint density at radius 1 is 1.40 bits per heavy atom. The van der Waals surface area contributed by atoms with Gasteiger partial charge in [0.25, 0.3) is 0 Å². The van der Waals surface area contributed by atoms with Crippen LogP contribution in [0.1, 0.15) is 0 Å². The summed E-state index contributed by atoms with van der Waals surface area (Å²) in [4.78, 5) is 0. The number of hydrogen-bond donors (Lipinski definition) is 0. The van der Waals surface area contributed by atoms with Crippen molar-refractivity contribution >= 4 is 8.25 Å². The van der Waals surface area contributed by atoms with Crippen molar-refractivity contribution < 1.29 is 13.7 Å². The molecule has 0 saturated heterocycles. The molecule has 0 bridgehead atoms. The molecule has 0 aromatic carbocycles. The molecule has 0 fully saturated rings. The highest BCUT2D eigenvalue weighted by Gasteiger charge is 1.94. The Bertz CT molecular complexity index is 209. The fraction of sp³-hybridized carbons (Fsp3) is 0.200. The van der Waals surface area contributed by atoms with Crippen molar-refractivity contribution in [2.24, 2.45) is 0 Å². The third-order valence-electron chi connectivity index (χ3n) is 0.924. The van der Waals surface area contributed by atoms with Crippen molar-refractivity contribution in [2.45, 2.75) is 0 Å². The van der Waals surface area contributed by atoms with E-state index in [0.717, 1.165) is 0 Å². The molecule has 10 heavy (non-hydrogen) atoms. The zero-order chi connectivity index (χ0) is 7.40. The van der Waals surface area contributed by atoms with Gasteiger partial charge in [0.2, 0.25) is 0 Å². The minimum atomic E-state index is -2.34. The molecule has 56 valence electrons. The van der Waals surface area contributed by atoms with Gasteiger partial charge in [-0.1, -0.05) is 0 Å². The third-order valence-corrected chi connectivity index (χ3v) is 1.62. The van der Waals surface area contributed by atoms with Crippen LogP contribution >= 0.6 is 8.25 Å².